The van der Waals surface area contributed by atoms with Crippen LogP contribution in [0.2, 0.25) is 0 Å². The molecule has 2 aromatic carbocycles. The van der Waals surface area contributed by atoms with Gasteiger partial charge in [-0.25, -0.2) is 14.5 Å². The van der Waals surface area contributed by atoms with Gasteiger partial charge in [0.25, 0.3) is 0 Å². The predicted molar refractivity (Wildman–Crippen MR) is 128 cm³/mol. The van der Waals surface area contributed by atoms with E-state index in [1.165, 1.54) is 23.7 Å². The Morgan fingerprint density at radius 3 is 2.35 bits per heavy atom. The van der Waals surface area contributed by atoms with E-state index in [4.69, 9.17) is 14.6 Å². The zero-order valence-electron chi connectivity index (χ0n) is 19.8. The molecule has 3 aromatic rings. The number of methoxy groups -OCH3 is 2. The molecule has 0 bridgehead atoms. The second kappa shape index (κ2) is 9.02. The van der Waals surface area contributed by atoms with Gasteiger partial charge in [-0.1, -0.05) is 0 Å². The van der Waals surface area contributed by atoms with Crippen LogP contribution in [-0.4, -0.2) is 65.3 Å². The maximum atomic E-state index is 12.2. The highest BCUT2D eigenvalue weighted by atomic mass is 16.5. The number of urea groups is 1. The minimum atomic E-state index is -0.355. The summed E-state index contributed by atoms with van der Waals surface area (Å²) in [7, 11) is 4.73. The molecule has 1 aliphatic carbocycles. The maximum absolute atomic E-state index is 12.2. The fraction of sp³-hybridized carbons (Fsp3) is 0.385. The number of nitrogens with zero attached hydrogens (tertiary/aromatic N) is 4. The van der Waals surface area contributed by atoms with E-state index < -0.39 is 0 Å². The summed E-state index contributed by atoms with van der Waals surface area (Å²) in [5.74, 6) is 1.94. The molecule has 1 aliphatic heterocycles. The predicted octanol–water partition coefficient (Wildman–Crippen LogP) is 4.28. The number of hydrogen-bond acceptors (Lipinski definition) is 5. The molecular formula is C26H30N4O4. The molecular weight excluding hydrogens is 432 g/mol. The number of carbonyl (C=O) groups is 1. The summed E-state index contributed by atoms with van der Waals surface area (Å²) in [6, 6.07) is 13.9. The van der Waals surface area contributed by atoms with Crippen molar-refractivity contribution in [3.63, 3.8) is 0 Å². The zero-order chi connectivity index (χ0) is 23.8. The van der Waals surface area contributed by atoms with Crippen molar-refractivity contribution >= 4 is 6.03 Å². The van der Waals surface area contributed by atoms with Crippen LogP contribution in [0.3, 0.4) is 0 Å². The first-order chi connectivity index (χ1) is 16.5. The van der Waals surface area contributed by atoms with Crippen LogP contribution >= 0.6 is 0 Å². The van der Waals surface area contributed by atoms with Gasteiger partial charge in [0.1, 0.15) is 11.5 Å². The lowest BCUT2D eigenvalue weighted by Gasteiger charge is -2.32. The van der Waals surface area contributed by atoms with Crippen LogP contribution in [0.5, 0.6) is 11.5 Å². The summed E-state index contributed by atoms with van der Waals surface area (Å²) in [6.45, 7) is 1.21. The van der Waals surface area contributed by atoms with Gasteiger partial charge in [-0.15, -0.1) is 0 Å². The van der Waals surface area contributed by atoms with E-state index in [9.17, 15) is 10.0 Å². The first-order valence-corrected chi connectivity index (χ1v) is 11.6. The lowest BCUT2D eigenvalue weighted by atomic mass is 9.84. The van der Waals surface area contributed by atoms with Gasteiger partial charge in [0.2, 0.25) is 0 Å². The molecule has 0 unspecified atom stereocenters. The van der Waals surface area contributed by atoms with Crippen molar-refractivity contribution < 1.29 is 19.5 Å². The first kappa shape index (κ1) is 22.3. The Balaban J connectivity index is 1.55. The van der Waals surface area contributed by atoms with E-state index in [1.54, 1.807) is 19.1 Å². The second-order valence-electron chi connectivity index (χ2n) is 8.91. The van der Waals surface area contributed by atoms with Gasteiger partial charge in [0.05, 0.1) is 31.3 Å². The number of benzene rings is 2. The molecule has 1 N–H and O–H groups in total. The molecule has 178 valence electrons. The van der Waals surface area contributed by atoms with Crippen molar-refractivity contribution in [1.29, 1.82) is 0 Å². The van der Waals surface area contributed by atoms with Crippen LogP contribution in [0.15, 0.2) is 42.5 Å². The van der Waals surface area contributed by atoms with E-state index in [1.807, 2.05) is 30.3 Å². The Hall–Kier alpha value is -3.52. The summed E-state index contributed by atoms with van der Waals surface area (Å²) in [6.07, 6.45) is 3.50. The molecule has 8 nitrogen and oxygen atoms in total. The molecule has 8 heteroatoms. The standard InChI is InChI=1S/C26H30N4O4/c1-28(32)26(31)29-14-12-17(13-15-29)24-23-10-4-18-16-21(34-3)9-11-22(18)25(23)30(27-24)19-5-7-20(33-2)8-6-19/h5-9,11,16-17,32H,4,10,12-15H2,1-3H3. The highest BCUT2D eigenvalue weighted by molar-refractivity contribution is 5.74. The Labute approximate surface area is 199 Å². The van der Waals surface area contributed by atoms with Crippen LogP contribution in [0.25, 0.3) is 16.9 Å². The molecule has 34 heavy (non-hydrogen) atoms. The molecule has 0 spiro atoms. The fourth-order valence-electron chi connectivity index (χ4n) is 5.17. The third-order valence-electron chi connectivity index (χ3n) is 6.97. The van der Waals surface area contributed by atoms with Gasteiger partial charge in [0.15, 0.2) is 0 Å². The van der Waals surface area contributed by atoms with Crippen LogP contribution in [0.4, 0.5) is 4.79 Å². The molecule has 2 heterocycles. The minimum absolute atomic E-state index is 0.265. The van der Waals surface area contributed by atoms with Crippen molar-refractivity contribution in [2.75, 3.05) is 34.4 Å². The second-order valence-corrected chi connectivity index (χ2v) is 8.91. The van der Waals surface area contributed by atoms with Crippen molar-refractivity contribution in [3.8, 4) is 28.4 Å². The fourth-order valence-corrected chi connectivity index (χ4v) is 5.17. The van der Waals surface area contributed by atoms with Crippen LogP contribution in [0, 0.1) is 0 Å². The zero-order valence-corrected chi connectivity index (χ0v) is 19.8. The Morgan fingerprint density at radius 1 is 1.03 bits per heavy atom. The van der Waals surface area contributed by atoms with Gasteiger partial charge in [0, 0.05) is 37.2 Å². The average molecular weight is 463 g/mol. The molecule has 1 aromatic heterocycles. The molecule has 0 atom stereocenters. The Kier molecular flexibility index (Phi) is 5.91. The normalized spacial score (nSPS) is 15.5. The molecule has 2 amide bonds. The lowest BCUT2D eigenvalue weighted by molar-refractivity contribution is -0.0357. The first-order valence-electron chi connectivity index (χ1n) is 11.6. The topological polar surface area (TPSA) is 80.1 Å². The number of likely N-dealkylation sites (tertiary alicyclic amines) is 1. The number of fused-ring (bicyclic) bond motifs is 3. The van der Waals surface area contributed by atoms with Crippen molar-refractivity contribution in [3.05, 3.63) is 59.3 Å². The minimum Gasteiger partial charge on any atom is -0.497 e. The highest BCUT2D eigenvalue weighted by Gasteiger charge is 2.33. The largest absolute Gasteiger partial charge is 0.497 e. The molecule has 0 saturated carbocycles. The Morgan fingerprint density at radius 2 is 1.71 bits per heavy atom. The van der Waals surface area contributed by atoms with E-state index in [0.29, 0.717) is 18.2 Å². The van der Waals surface area contributed by atoms with Gasteiger partial charge in [-0.2, -0.15) is 5.10 Å². The average Bonchev–Trinajstić information content (AvgIpc) is 3.28. The number of piperidine rings is 1. The van der Waals surface area contributed by atoms with Gasteiger partial charge in [-0.05, 0) is 73.7 Å². The summed E-state index contributed by atoms with van der Waals surface area (Å²) in [4.78, 5) is 13.9. The number of rotatable bonds is 4. The summed E-state index contributed by atoms with van der Waals surface area (Å²) >= 11 is 0. The van der Waals surface area contributed by atoms with Crippen molar-refractivity contribution in [2.24, 2.45) is 0 Å². The van der Waals surface area contributed by atoms with Crippen LogP contribution in [0.1, 0.15) is 35.6 Å². The maximum Gasteiger partial charge on any atom is 0.343 e. The highest BCUT2D eigenvalue weighted by Crippen LogP contribution is 2.42. The third-order valence-corrected chi connectivity index (χ3v) is 6.97. The quantitative estimate of drug-likeness (QED) is 0.463. The Bertz CT molecular complexity index is 1190. The molecule has 0 radical (unpaired) electrons. The summed E-state index contributed by atoms with van der Waals surface area (Å²) in [5.41, 5.74) is 6.99. The van der Waals surface area contributed by atoms with E-state index in [0.717, 1.165) is 54.3 Å². The summed E-state index contributed by atoms with van der Waals surface area (Å²) < 4.78 is 12.9. The van der Waals surface area contributed by atoms with Crippen LogP contribution in [-0.2, 0) is 12.8 Å². The number of hydrogen-bond donors (Lipinski definition) is 1. The van der Waals surface area contributed by atoms with E-state index in [2.05, 4.69) is 16.8 Å². The lowest BCUT2D eigenvalue weighted by Crippen LogP contribution is -2.43. The molecule has 1 saturated heterocycles. The molecule has 1 fully saturated rings. The number of hydroxylamine groups is 2. The third kappa shape index (κ3) is 3.88. The molecule has 2 aliphatic rings. The van der Waals surface area contributed by atoms with Crippen molar-refractivity contribution in [2.45, 2.75) is 31.6 Å². The monoisotopic (exact) mass is 462 g/mol. The van der Waals surface area contributed by atoms with Crippen LogP contribution < -0.4 is 9.47 Å². The van der Waals surface area contributed by atoms with Gasteiger partial charge < -0.3 is 14.4 Å². The number of aromatic nitrogens is 2. The van der Waals surface area contributed by atoms with Gasteiger partial charge >= 0.3 is 6.03 Å². The number of amides is 2. The number of ether oxygens (including phenoxy) is 2. The van der Waals surface area contributed by atoms with Gasteiger partial charge in [-0.3, -0.25) is 5.21 Å². The summed E-state index contributed by atoms with van der Waals surface area (Å²) in [5, 5.41) is 15.3. The van der Waals surface area contributed by atoms with E-state index >= 15 is 0 Å². The van der Waals surface area contributed by atoms with E-state index in [-0.39, 0.29) is 11.9 Å². The number of aryl methyl sites for hydroxylation is 1. The van der Waals surface area contributed by atoms with Crippen molar-refractivity contribution in [1.82, 2.24) is 19.7 Å². The number of carbonyl (C=O) groups excluding carboxylic acids is 1. The smallest absolute Gasteiger partial charge is 0.343 e. The SMILES string of the molecule is COc1ccc(-n2nc(C3CCN(C(=O)N(C)O)CC3)c3c2-c2ccc(OC)cc2CC3)cc1. The molecule has 5 rings (SSSR count).